The summed E-state index contributed by atoms with van der Waals surface area (Å²) in [4.78, 5) is 7.72. The molecule has 98 valence electrons. The summed E-state index contributed by atoms with van der Waals surface area (Å²) >= 11 is 0. The van der Waals surface area contributed by atoms with Gasteiger partial charge < -0.3 is 14.5 Å². The second-order valence-electron chi connectivity index (χ2n) is 5.95. The van der Waals surface area contributed by atoms with Gasteiger partial charge in [-0.05, 0) is 18.9 Å². The van der Waals surface area contributed by atoms with Crippen LogP contribution in [0.2, 0.25) is 0 Å². The molecule has 3 aliphatic heterocycles. The fourth-order valence-corrected chi connectivity index (χ4v) is 3.61. The Morgan fingerprint density at radius 1 is 0.882 bits per heavy atom. The van der Waals surface area contributed by atoms with Crippen LogP contribution in [0.1, 0.15) is 0 Å². The third kappa shape index (κ3) is 2.81. The maximum atomic E-state index is 5.38. The normalized spacial score (nSPS) is 36.5. The molecule has 3 rings (SSSR count). The van der Waals surface area contributed by atoms with Crippen LogP contribution in [0, 0.1) is 11.8 Å². The minimum absolute atomic E-state index is 0.927. The van der Waals surface area contributed by atoms with Crippen molar-refractivity contribution in [2.75, 3.05) is 72.6 Å². The molecule has 3 aliphatic rings. The predicted molar refractivity (Wildman–Crippen MR) is 68.2 cm³/mol. The smallest absolute Gasteiger partial charge is 0.0594 e. The van der Waals surface area contributed by atoms with Crippen molar-refractivity contribution in [3.63, 3.8) is 0 Å². The Morgan fingerprint density at radius 2 is 1.47 bits per heavy atom. The lowest BCUT2D eigenvalue weighted by Gasteiger charge is -2.28. The first kappa shape index (κ1) is 11.9. The van der Waals surface area contributed by atoms with Crippen molar-refractivity contribution in [2.24, 2.45) is 11.8 Å². The van der Waals surface area contributed by atoms with Gasteiger partial charge >= 0.3 is 0 Å². The first-order chi connectivity index (χ1) is 8.31. The Hall–Kier alpha value is -0.160. The van der Waals surface area contributed by atoms with E-state index < -0.39 is 0 Å². The second-order valence-corrected chi connectivity index (χ2v) is 5.95. The zero-order valence-electron chi connectivity index (χ0n) is 11.0. The maximum absolute atomic E-state index is 5.38. The van der Waals surface area contributed by atoms with E-state index in [9.17, 15) is 0 Å². The number of ether oxygens (including phenoxy) is 1. The number of likely N-dealkylation sites (tertiary alicyclic amines) is 2. The van der Waals surface area contributed by atoms with Crippen LogP contribution < -0.4 is 0 Å². The van der Waals surface area contributed by atoms with Gasteiger partial charge in [0.1, 0.15) is 0 Å². The highest BCUT2D eigenvalue weighted by Crippen LogP contribution is 2.29. The molecule has 3 saturated heterocycles. The Labute approximate surface area is 104 Å². The van der Waals surface area contributed by atoms with E-state index in [2.05, 4.69) is 21.7 Å². The highest BCUT2D eigenvalue weighted by atomic mass is 16.5. The molecule has 0 bridgehead atoms. The summed E-state index contributed by atoms with van der Waals surface area (Å²) in [6, 6.07) is 0. The summed E-state index contributed by atoms with van der Waals surface area (Å²) < 4.78 is 5.38. The van der Waals surface area contributed by atoms with E-state index in [4.69, 9.17) is 4.74 Å². The van der Waals surface area contributed by atoms with Crippen molar-refractivity contribution in [1.29, 1.82) is 0 Å². The fourth-order valence-electron chi connectivity index (χ4n) is 3.61. The standard InChI is InChI=1S/C13H25N3O/c1-14-8-12-10-16(11-13(12)9-14)3-2-15-4-6-17-7-5-15/h12-13H,2-11H2,1H3. The van der Waals surface area contributed by atoms with Crippen molar-refractivity contribution >= 4 is 0 Å². The Bertz CT molecular complexity index is 241. The molecular weight excluding hydrogens is 214 g/mol. The Kier molecular flexibility index (Phi) is 3.66. The molecule has 2 unspecified atom stereocenters. The van der Waals surface area contributed by atoms with Crippen LogP contribution in [0.5, 0.6) is 0 Å². The van der Waals surface area contributed by atoms with Gasteiger partial charge in [0.2, 0.25) is 0 Å². The van der Waals surface area contributed by atoms with Gasteiger partial charge in [0.25, 0.3) is 0 Å². The van der Waals surface area contributed by atoms with Gasteiger partial charge in [0.05, 0.1) is 13.2 Å². The van der Waals surface area contributed by atoms with Gasteiger partial charge in [-0.3, -0.25) is 4.90 Å². The van der Waals surface area contributed by atoms with Crippen LogP contribution in [-0.2, 0) is 4.74 Å². The zero-order chi connectivity index (χ0) is 11.7. The highest BCUT2D eigenvalue weighted by Gasteiger charge is 2.38. The summed E-state index contributed by atoms with van der Waals surface area (Å²) in [5, 5.41) is 0. The van der Waals surface area contributed by atoms with Crippen LogP contribution in [0.15, 0.2) is 0 Å². The van der Waals surface area contributed by atoms with E-state index in [0.29, 0.717) is 0 Å². The zero-order valence-corrected chi connectivity index (χ0v) is 11.0. The lowest BCUT2D eigenvalue weighted by molar-refractivity contribution is 0.0340. The predicted octanol–water partition coefficient (Wildman–Crippen LogP) is -0.188. The average Bonchev–Trinajstić information content (AvgIpc) is 2.84. The number of nitrogens with zero attached hydrogens (tertiary/aromatic N) is 3. The van der Waals surface area contributed by atoms with Gasteiger partial charge in [-0.2, -0.15) is 0 Å². The van der Waals surface area contributed by atoms with E-state index in [-0.39, 0.29) is 0 Å². The summed E-state index contributed by atoms with van der Waals surface area (Å²) in [5.74, 6) is 1.90. The molecule has 0 aromatic carbocycles. The van der Waals surface area contributed by atoms with Gasteiger partial charge in [0.15, 0.2) is 0 Å². The van der Waals surface area contributed by atoms with Crippen LogP contribution in [0.4, 0.5) is 0 Å². The molecule has 4 nitrogen and oxygen atoms in total. The van der Waals surface area contributed by atoms with Gasteiger partial charge in [0, 0.05) is 52.4 Å². The second kappa shape index (κ2) is 5.22. The van der Waals surface area contributed by atoms with E-state index in [1.54, 1.807) is 0 Å². The monoisotopic (exact) mass is 239 g/mol. The largest absolute Gasteiger partial charge is 0.379 e. The van der Waals surface area contributed by atoms with Crippen molar-refractivity contribution in [3.05, 3.63) is 0 Å². The molecule has 0 N–H and O–H groups in total. The molecule has 0 aromatic rings. The van der Waals surface area contributed by atoms with Crippen molar-refractivity contribution in [3.8, 4) is 0 Å². The maximum Gasteiger partial charge on any atom is 0.0594 e. The van der Waals surface area contributed by atoms with Gasteiger partial charge in [-0.15, -0.1) is 0 Å². The molecule has 4 heteroatoms. The summed E-state index contributed by atoms with van der Waals surface area (Å²) in [6.07, 6.45) is 0. The molecule has 3 fully saturated rings. The fraction of sp³-hybridized carbons (Fsp3) is 1.00. The van der Waals surface area contributed by atoms with Crippen molar-refractivity contribution < 1.29 is 4.74 Å². The SMILES string of the molecule is CN1CC2CN(CCN3CCOCC3)CC2C1. The molecular formula is C13H25N3O. The van der Waals surface area contributed by atoms with E-state index in [1.807, 2.05) is 0 Å². The first-order valence-electron chi connectivity index (χ1n) is 7.02. The summed E-state index contributed by atoms with van der Waals surface area (Å²) in [7, 11) is 2.26. The molecule has 0 amide bonds. The van der Waals surface area contributed by atoms with Crippen LogP contribution in [0.3, 0.4) is 0 Å². The first-order valence-corrected chi connectivity index (χ1v) is 7.02. The minimum Gasteiger partial charge on any atom is -0.379 e. The van der Waals surface area contributed by atoms with Crippen molar-refractivity contribution in [2.45, 2.75) is 0 Å². The molecule has 0 spiro atoms. The molecule has 17 heavy (non-hydrogen) atoms. The van der Waals surface area contributed by atoms with Gasteiger partial charge in [-0.1, -0.05) is 0 Å². The molecule has 0 aliphatic carbocycles. The number of fused-ring (bicyclic) bond motifs is 1. The van der Waals surface area contributed by atoms with Crippen molar-refractivity contribution in [1.82, 2.24) is 14.7 Å². The van der Waals surface area contributed by atoms with Crippen LogP contribution in [0.25, 0.3) is 0 Å². The van der Waals surface area contributed by atoms with Gasteiger partial charge in [-0.25, -0.2) is 0 Å². The van der Waals surface area contributed by atoms with E-state index in [1.165, 1.54) is 39.3 Å². The molecule has 2 atom stereocenters. The third-order valence-electron chi connectivity index (χ3n) is 4.58. The molecule has 0 saturated carbocycles. The Balaban J connectivity index is 1.39. The molecule has 0 radical (unpaired) electrons. The molecule has 3 heterocycles. The average molecular weight is 239 g/mol. The van der Waals surface area contributed by atoms with Crippen LogP contribution in [-0.4, -0.2) is 87.3 Å². The summed E-state index contributed by atoms with van der Waals surface area (Å²) in [6.45, 7) is 11.9. The van der Waals surface area contributed by atoms with Crippen LogP contribution >= 0.6 is 0 Å². The van der Waals surface area contributed by atoms with E-state index >= 15 is 0 Å². The highest BCUT2D eigenvalue weighted by molar-refractivity contribution is 4.92. The summed E-state index contributed by atoms with van der Waals surface area (Å²) in [5.41, 5.74) is 0. The number of hydrogen-bond donors (Lipinski definition) is 0. The third-order valence-corrected chi connectivity index (χ3v) is 4.58. The topological polar surface area (TPSA) is 19.0 Å². The van der Waals surface area contributed by atoms with E-state index in [0.717, 1.165) is 38.1 Å². The Morgan fingerprint density at radius 3 is 2.12 bits per heavy atom. The minimum atomic E-state index is 0.927. The number of morpholine rings is 1. The number of rotatable bonds is 3. The molecule has 0 aromatic heterocycles. The lowest BCUT2D eigenvalue weighted by atomic mass is 10.0. The lowest BCUT2D eigenvalue weighted by Crippen LogP contribution is -2.41. The number of hydrogen-bond acceptors (Lipinski definition) is 4. The quantitative estimate of drug-likeness (QED) is 0.679.